The molecule has 0 N–H and O–H groups in total. The highest BCUT2D eigenvalue weighted by atomic mass is 79.9. The van der Waals surface area contributed by atoms with E-state index in [-0.39, 0.29) is 0 Å². The lowest BCUT2D eigenvalue weighted by atomic mass is 9.99. The van der Waals surface area contributed by atoms with E-state index in [4.69, 9.17) is 4.98 Å². The average molecular weight is 506 g/mol. The third-order valence-electron chi connectivity index (χ3n) is 5.49. The summed E-state index contributed by atoms with van der Waals surface area (Å²) in [4.78, 5) is 7.35. The quantitative estimate of drug-likeness (QED) is 0.507. The maximum absolute atomic E-state index is 12.9. The van der Waals surface area contributed by atoms with Crippen LogP contribution >= 0.6 is 27.3 Å². The summed E-state index contributed by atoms with van der Waals surface area (Å²) < 4.78 is 28.2. The summed E-state index contributed by atoms with van der Waals surface area (Å²) in [6.45, 7) is 6.48. The summed E-state index contributed by atoms with van der Waals surface area (Å²) in [7, 11) is -3.48. The third kappa shape index (κ3) is 4.46. The molecule has 1 aliphatic heterocycles. The highest BCUT2D eigenvalue weighted by molar-refractivity contribution is 9.10. The molecule has 3 aromatic rings. The second-order valence-electron chi connectivity index (χ2n) is 7.52. The average Bonchev–Trinajstić information content (AvgIpc) is 3.20. The Morgan fingerprint density at radius 3 is 2.37 bits per heavy atom. The fourth-order valence-electron chi connectivity index (χ4n) is 3.73. The second-order valence-corrected chi connectivity index (χ2v) is 11.2. The molecule has 0 saturated carbocycles. The van der Waals surface area contributed by atoms with E-state index in [1.165, 1.54) is 16.7 Å². The smallest absolute Gasteiger partial charge is 0.243 e. The second kappa shape index (κ2) is 8.78. The molecule has 0 spiro atoms. The molecule has 158 valence electrons. The van der Waals surface area contributed by atoms with E-state index >= 15 is 0 Å². The van der Waals surface area contributed by atoms with Crippen molar-refractivity contribution in [2.24, 2.45) is 0 Å². The predicted molar refractivity (Wildman–Crippen MR) is 126 cm³/mol. The molecule has 4 rings (SSSR count). The van der Waals surface area contributed by atoms with Gasteiger partial charge in [-0.1, -0.05) is 40.2 Å². The summed E-state index contributed by atoms with van der Waals surface area (Å²) in [6.07, 6.45) is 0.826. The summed E-state index contributed by atoms with van der Waals surface area (Å²) in [5.41, 5.74) is 4.97. The van der Waals surface area contributed by atoms with Crippen molar-refractivity contribution >= 4 is 42.4 Å². The van der Waals surface area contributed by atoms with Gasteiger partial charge < -0.3 is 4.90 Å². The van der Waals surface area contributed by atoms with Crippen LogP contribution in [0.3, 0.4) is 0 Å². The van der Waals surface area contributed by atoms with Crippen molar-refractivity contribution < 1.29 is 8.42 Å². The number of anilines is 1. The first-order valence-electron chi connectivity index (χ1n) is 9.85. The Morgan fingerprint density at radius 1 is 1.03 bits per heavy atom. The van der Waals surface area contributed by atoms with Crippen molar-refractivity contribution in [3.8, 4) is 0 Å². The summed E-state index contributed by atoms with van der Waals surface area (Å²) >= 11 is 4.99. The first-order chi connectivity index (χ1) is 14.3. The molecule has 5 nitrogen and oxygen atoms in total. The number of sulfonamides is 1. The largest absolute Gasteiger partial charge is 0.345 e. The highest BCUT2D eigenvalue weighted by Gasteiger charge is 2.29. The molecule has 2 aromatic carbocycles. The van der Waals surface area contributed by atoms with Crippen molar-refractivity contribution in [1.82, 2.24) is 9.29 Å². The summed E-state index contributed by atoms with van der Waals surface area (Å²) in [5, 5.41) is 3.09. The Kier molecular flexibility index (Phi) is 6.29. The lowest BCUT2D eigenvalue weighted by Crippen LogP contribution is -2.48. The van der Waals surface area contributed by atoms with Crippen LogP contribution in [0.1, 0.15) is 22.4 Å². The van der Waals surface area contributed by atoms with Gasteiger partial charge in [0.25, 0.3) is 0 Å². The van der Waals surface area contributed by atoms with Gasteiger partial charge in [-0.3, -0.25) is 0 Å². The van der Waals surface area contributed by atoms with Gasteiger partial charge in [-0.05, 0) is 48.7 Å². The van der Waals surface area contributed by atoms with Gasteiger partial charge in [-0.25, -0.2) is 13.4 Å². The van der Waals surface area contributed by atoms with Gasteiger partial charge in [0.1, 0.15) is 0 Å². The first-order valence-corrected chi connectivity index (χ1v) is 13.0. The number of hydrogen-bond acceptors (Lipinski definition) is 5. The normalized spacial score (nSPS) is 15.5. The maximum Gasteiger partial charge on any atom is 0.243 e. The minimum absolute atomic E-state index is 0.329. The SMILES string of the molecule is Cc1cccc(C)c1Cc1csc(N2CCN(S(=O)(=O)c3cccc(Br)c3)CC2)n1. The van der Waals surface area contributed by atoms with Crippen molar-refractivity contribution in [2.45, 2.75) is 25.2 Å². The van der Waals surface area contributed by atoms with Crippen LogP contribution in [0, 0.1) is 13.8 Å². The monoisotopic (exact) mass is 505 g/mol. The van der Waals surface area contributed by atoms with Gasteiger partial charge in [-0.2, -0.15) is 4.31 Å². The molecular weight excluding hydrogens is 482 g/mol. The fourth-order valence-corrected chi connectivity index (χ4v) is 6.63. The molecule has 1 aliphatic rings. The zero-order valence-electron chi connectivity index (χ0n) is 17.0. The molecule has 1 aromatic heterocycles. The zero-order valence-corrected chi connectivity index (χ0v) is 20.2. The van der Waals surface area contributed by atoms with E-state index in [0.29, 0.717) is 31.1 Å². The lowest BCUT2D eigenvalue weighted by molar-refractivity contribution is 0.384. The van der Waals surface area contributed by atoms with E-state index < -0.39 is 10.0 Å². The number of thiazole rings is 1. The van der Waals surface area contributed by atoms with Crippen molar-refractivity contribution in [3.63, 3.8) is 0 Å². The Morgan fingerprint density at radius 2 is 1.70 bits per heavy atom. The van der Waals surface area contributed by atoms with Gasteiger partial charge in [0.15, 0.2) is 5.13 Å². The van der Waals surface area contributed by atoms with Crippen LogP contribution in [0.15, 0.2) is 57.2 Å². The molecule has 1 saturated heterocycles. The van der Waals surface area contributed by atoms with Crippen molar-refractivity contribution in [3.05, 3.63) is 74.7 Å². The van der Waals surface area contributed by atoms with E-state index in [2.05, 4.69) is 58.3 Å². The molecule has 0 bridgehead atoms. The molecule has 0 amide bonds. The summed E-state index contributed by atoms with van der Waals surface area (Å²) in [6, 6.07) is 13.2. The highest BCUT2D eigenvalue weighted by Crippen LogP contribution is 2.27. The first kappa shape index (κ1) is 21.5. The van der Waals surface area contributed by atoms with Gasteiger partial charge in [0, 0.05) is 42.5 Å². The number of aromatic nitrogens is 1. The molecule has 0 aliphatic carbocycles. The van der Waals surface area contributed by atoms with Gasteiger partial charge in [0.05, 0.1) is 10.6 Å². The van der Waals surface area contributed by atoms with Crippen LogP contribution in [0.5, 0.6) is 0 Å². The molecule has 0 atom stereocenters. The summed E-state index contributed by atoms with van der Waals surface area (Å²) in [5.74, 6) is 0. The molecule has 0 radical (unpaired) electrons. The Labute approximate surface area is 190 Å². The molecular formula is C22H24BrN3O2S2. The van der Waals surface area contributed by atoms with Gasteiger partial charge in [-0.15, -0.1) is 11.3 Å². The number of nitrogens with zero attached hydrogens (tertiary/aromatic N) is 3. The van der Waals surface area contributed by atoms with Crippen LogP contribution in [-0.2, 0) is 16.4 Å². The maximum atomic E-state index is 12.9. The molecule has 2 heterocycles. The fraction of sp³-hybridized carbons (Fsp3) is 0.318. The van der Waals surface area contributed by atoms with E-state index in [1.807, 2.05) is 6.07 Å². The Bertz CT molecular complexity index is 1130. The number of hydrogen-bond donors (Lipinski definition) is 0. The molecule has 1 fully saturated rings. The molecule has 0 unspecified atom stereocenters. The minimum atomic E-state index is -3.48. The minimum Gasteiger partial charge on any atom is -0.345 e. The lowest BCUT2D eigenvalue weighted by Gasteiger charge is -2.33. The van der Waals surface area contributed by atoms with Crippen LogP contribution in [-0.4, -0.2) is 43.9 Å². The van der Waals surface area contributed by atoms with E-state index in [1.54, 1.807) is 33.8 Å². The van der Waals surface area contributed by atoms with Crippen molar-refractivity contribution in [1.29, 1.82) is 0 Å². The van der Waals surface area contributed by atoms with Crippen molar-refractivity contribution in [2.75, 3.05) is 31.1 Å². The standard InChI is InChI=1S/C22H24BrN3O2S2/c1-16-5-3-6-17(2)21(16)14-19-15-29-22(24-19)25-9-11-26(12-10-25)30(27,28)20-8-4-7-18(23)13-20/h3-8,13,15H,9-12,14H2,1-2H3. The topological polar surface area (TPSA) is 53.5 Å². The van der Waals surface area contributed by atoms with E-state index in [0.717, 1.165) is 21.7 Å². The Hall–Kier alpha value is -1.74. The van der Waals surface area contributed by atoms with Gasteiger partial charge in [0.2, 0.25) is 10.0 Å². The Balaban J connectivity index is 1.43. The van der Waals surface area contributed by atoms with Crippen LogP contribution in [0.2, 0.25) is 0 Å². The zero-order chi connectivity index (χ0) is 21.3. The van der Waals surface area contributed by atoms with Crippen LogP contribution < -0.4 is 4.90 Å². The van der Waals surface area contributed by atoms with Crippen LogP contribution in [0.25, 0.3) is 0 Å². The number of benzene rings is 2. The molecule has 8 heteroatoms. The third-order valence-corrected chi connectivity index (χ3v) is 8.82. The molecule has 30 heavy (non-hydrogen) atoms. The van der Waals surface area contributed by atoms with E-state index in [9.17, 15) is 8.42 Å². The number of halogens is 1. The van der Waals surface area contributed by atoms with Crippen LogP contribution in [0.4, 0.5) is 5.13 Å². The van der Waals surface area contributed by atoms with Gasteiger partial charge >= 0.3 is 0 Å². The number of aryl methyl sites for hydroxylation is 2. The number of piperazine rings is 1. The number of rotatable bonds is 5. The predicted octanol–water partition coefficient (Wildman–Crippen LogP) is 4.62.